The van der Waals surface area contributed by atoms with E-state index in [0.29, 0.717) is 18.4 Å². The van der Waals surface area contributed by atoms with Crippen molar-refractivity contribution < 1.29 is 4.79 Å². The zero-order valence-corrected chi connectivity index (χ0v) is 18.0. The number of nitrogens with one attached hydrogen (secondary N) is 1. The van der Waals surface area contributed by atoms with Gasteiger partial charge in [0.05, 0.1) is 17.8 Å². The van der Waals surface area contributed by atoms with E-state index in [1.807, 2.05) is 47.7 Å². The number of fused-ring (bicyclic) bond motifs is 1. The summed E-state index contributed by atoms with van der Waals surface area (Å²) in [4.78, 5) is 15.3. The molecule has 1 amide bonds. The molecule has 4 rings (SSSR count). The van der Waals surface area contributed by atoms with Gasteiger partial charge in [0.1, 0.15) is 0 Å². The number of likely N-dealkylation sites (tertiary alicyclic amines) is 1. The highest BCUT2D eigenvalue weighted by Crippen LogP contribution is 2.28. The van der Waals surface area contributed by atoms with Crippen LogP contribution in [-0.2, 0) is 6.54 Å². The number of carbonyl (C=O) groups is 1. The van der Waals surface area contributed by atoms with Gasteiger partial charge in [0.2, 0.25) is 0 Å². The van der Waals surface area contributed by atoms with Crippen molar-refractivity contribution in [3.05, 3.63) is 51.8 Å². The van der Waals surface area contributed by atoms with Crippen LogP contribution in [0.15, 0.2) is 24.3 Å². The monoisotopic (exact) mass is 422 g/mol. The zero-order valence-electron chi connectivity index (χ0n) is 16.4. The second-order valence-corrected chi connectivity index (χ2v) is 8.25. The summed E-state index contributed by atoms with van der Waals surface area (Å²) in [5.41, 5.74) is 3.49. The van der Waals surface area contributed by atoms with Crippen LogP contribution in [0, 0.1) is 25.7 Å². The molecule has 0 saturated carbocycles. The van der Waals surface area contributed by atoms with Crippen LogP contribution in [-0.4, -0.2) is 46.8 Å². The van der Waals surface area contributed by atoms with Crippen molar-refractivity contribution in [1.82, 2.24) is 20.0 Å². The average Bonchev–Trinajstić information content (AvgIpc) is 3.14. The first-order valence-corrected chi connectivity index (χ1v) is 10.2. The Hall–Kier alpha value is -1.56. The molecule has 152 valence electrons. The number of carbonyl (C=O) groups excluding carboxylic acids is 1. The Morgan fingerprint density at radius 2 is 1.82 bits per heavy atom. The number of amides is 1. The van der Waals surface area contributed by atoms with E-state index in [1.54, 1.807) is 0 Å². The van der Waals surface area contributed by atoms with Crippen molar-refractivity contribution in [2.45, 2.75) is 33.2 Å². The summed E-state index contributed by atoms with van der Waals surface area (Å²) >= 11 is 6.30. The van der Waals surface area contributed by atoms with Crippen LogP contribution in [0.25, 0.3) is 0 Å². The van der Waals surface area contributed by atoms with E-state index < -0.39 is 0 Å². The highest BCUT2D eigenvalue weighted by Gasteiger charge is 2.33. The number of nitrogens with zero attached hydrogens (tertiary/aromatic N) is 3. The topological polar surface area (TPSA) is 50.2 Å². The van der Waals surface area contributed by atoms with Gasteiger partial charge >= 0.3 is 0 Å². The Morgan fingerprint density at radius 3 is 2.46 bits per heavy atom. The molecule has 2 aromatic rings. The highest BCUT2D eigenvalue weighted by atomic mass is 35.5. The van der Waals surface area contributed by atoms with Gasteiger partial charge in [0.15, 0.2) is 0 Å². The van der Waals surface area contributed by atoms with E-state index in [2.05, 4.69) is 10.4 Å². The molecule has 28 heavy (non-hydrogen) atoms. The molecule has 2 fully saturated rings. The maximum absolute atomic E-state index is 13.3. The largest absolute Gasteiger partial charge is 0.339 e. The van der Waals surface area contributed by atoms with Gasteiger partial charge in [-0.2, -0.15) is 5.10 Å². The molecule has 1 N–H and O–H groups in total. The molecule has 7 heteroatoms. The highest BCUT2D eigenvalue weighted by molar-refractivity contribution is 6.31. The van der Waals surface area contributed by atoms with Crippen molar-refractivity contribution in [1.29, 1.82) is 0 Å². The van der Waals surface area contributed by atoms with E-state index in [9.17, 15) is 4.79 Å². The summed E-state index contributed by atoms with van der Waals surface area (Å²) in [5, 5.41) is 8.86. The number of hydrogen-bond acceptors (Lipinski definition) is 3. The average molecular weight is 423 g/mol. The molecule has 0 unspecified atom stereocenters. The molecule has 0 spiro atoms. The quantitative estimate of drug-likeness (QED) is 0.819. The molecule has 2 aliphatic rings. The minimum absolute atomic E-state index is 0. The first kappa shape index (κ1) is 21.2. The van der Waals surface area contributed by atoms with E-state index in [0.717, 1.165) is 66.6 Å². The molecule has 2 saturated heterocycles. The number of benzene rings is 1. The first-order chi connectivity index (χ1) is 13.0. The molecule has 5 nitrogen and oxygen atoms in total. The Kier molecular flexibility index (Phi) is 6.69. The first-order valence-electron chi connectivity index (χ1n) is 9.82. The third-order valence-corrected chi connectivity index (χ3v) is 6.55. The summed E-state index contributed by atoms with van der Waals surface area (Å²) in [6, 6.07) is 7.79. The number of rotatable bonds is 3. The molecular weight excluding hydrogens is 395 g/mol. The van der Waals surface area contributed by atoms with Crippen molar-refractivity contribution in [2.75, 3.05) is 26.2 Å². The fraction of sp³-hybridized carbons (Fsp3) is 0.524. The van der Waals surface area contributed by atoms with Gasteiger partial charge < -0.3 is 10.2 Å². The minimum atomic E-state index is 0. The lowest BCUT2D eigenvalue weighted by Crippen LogP contribution is -2.33. The standard InChI is InChI=1S/C21H27ClN4O.ClH/c1-14-20(15(2)26(24-14)13-18-5-3-4-6-19(18)22)21(27)25-9-7-16-11-23-12-17(16)8-10-25;/h3-6,16-17,23H,7-13H2,1-2H3;1H/t16-,17+;. The second-order valence-electron chi connectivity index (χ2n) is 7.84. The van der Waals surface area contributed by atoms with Gasteiger partial charge in [-0.25, -0.2) is 0 Å². The lowest BCUT2D eigenvalue weighted by Gasteiger charge is -2.21. The third-order valence-electron chi connectivity index (χ3n) is 6.18. The smallest absolute Gasteiger partial charge is 0.257 e. The Morgan fingerprint density at radius 1 is 1.18 bits per heavy atom. The van der Waals surface area contributed by atoms with Gasteiger partial charge in [-0.15, -0.1) is 12.4 Å². The van der Waals surface area contributed by atoms with Crippen LogP contribution in [0.4, 0.5) is 0 Å². The predicted molar refractivity (Wildman–Crippen MR) is 114 cm³/mol. The van der Waals surface area contributed by atoms with Crippen molar-refractivity contribution in [3.8, 4) is 0 Å². The van der Waals surface area contributed by atoms with Crippen molar-refractivity contribution >= 4 is 29.9 Å². The van der Waals surface area contributed by atoms with Gasteiger partial charge in [0.25, 0.3) is 5.91 Å². The SMILES string of the molecule is Cc1nn(Cc2ccccc2Cl)c(C)c1C(=O)N1CC[C@@H]2CNC[C@@H]2CC1.Cl. The van der Waals surface area contributed by atoms with Crippen molar-refractivity contribution in [3.63, 3.8) is 0 Å². The van der Waals surface area contributed by atoms with Gasteiger partial charge in [-0.1, -0.05) is 29.8 Å². The Balaban J connectivity index is 0.00000225. The molecule has 1 aromatic carbocycles. The third kappa shape index (κ3) is 4.07. The summed E-state index contributed by atoms with van der Waals surface area (Å²) in [6.07, 6.45) is 2.19. The summed E-state index contributed by atoms with van der Waals surface area (Å²) < 4.78 is 1.90. The predicted octanol–water partition coefficient (Wildman–Crippen LogP) is 3.70. The normalized spacial score (nSPS) is 21.8. The Bertz CT molecular complexity index is 837. The second kappa shape index (κ2) is 8.85. The lowest BCUT2D eigenvalue weighted by atomic mass is 9.92. The molecule has 2 atom stereocenters. The van der Waals surface area contributed by atoms with E-state index in [-0.39, 0.29) is 18.3 Å². The summed E-state index contributed by atoms with van der Waals surface area (Å²) in [6.45, 7) is 8.38. The molecule has 3 heterocycles. The lowest BCUT2D eigenvalue weighted by molar-refractivity contribution is 0.0757. The van der Waals surface area contributed by atoms with Crippen LogP contribution >= 0.6 is 24.0 Å². The van der Waals surface area contributed by atoms with E-state index in [4.69, 9.17) is 11.6 Å². The summed E-state index contributed by atoms with van der Waals surface area (Å²) in [5.74, 6) is 1.56. The number of hydrogen-bond donors (Lipinski definition) is 1. The fourth-order valence-corrected chi connectivity index (χ4v) is 4.72. The van der Waals surface area contributed by atoms with Gasteiger partial charge in [0, 0.05) is 23.8 Å². The van der Waals surface area contributed by atoms with E-state index >= 15 is 0 Å². The van der Waals surface area contributed by atoms with Gasteiger partial charge in [-0.3, -0.25) is 9.48 Å². The maximum Gasteiger partial charge on any atom is 0.257 e. The van der Waals surface area contributed by atoms with Crippen molar-refractivity contribution in [2.24, 2.45) is 11.8 Å². The number of aromatic nitrogens is 2. The maximum atomic E-state index is 13.3. The minimum Gasteiger partial charge on any atom is -0.339 e. The van der Waals surface area contributed by atoms with Crippen LogP contribution in [0.2, 0.25) is 5.02 Å². The van der Waals surface area contributed by atoms with E-state index in [1.165, 1.54) is 0 Å². The van der Waals surface area contributed by atoms with Gasteiger partial charge in [-0.05, 0) is 63.2 Å². The molecule has 0 bridgehead atoms. The van der Waals surface area contributed by atoms with Crippen LogP contribution in [0.3, 0.4) is 0 Å². The summed E-state index contributed by atoms with van der Waals surface area (Å²) in [7, 11) is 0. The molecular formula is C21H28Cl2N4O. The zero-order chi connectivity index (χ0) is 19.0. The molecule has 1 aromatic heterocycles. The molecule has 2 aliphatic heterocycles. The molecule has 0 aliphatic carbocycles. The molecule has 0 radical (unpaired) electrons. The van der Waals surface area contributed by atoms with Crippen LogP contribution in [0.1, 0.15) is 40.2 Å². The van der Waals surface area contributed by atoms with Crippen LogP contribution < -0.4 is 5.32 Å². The number of aryl methyl sites for hydroxylation is 1. The number of halogens is 2. The van der Waals surface area contributed by atoms with Crippen LogP contribution in [0.5, 0.6) is 0 Å². The fourth-order valence-electron chi connectivity index (χ4n) is 4.53. The Labute approximate surface area is 177 Å².